The van der Waals surface area contributed by atoms with Crippen LogP contribution in [-0.4, -0.2) is 36.3 Å². The number of benzene rings is 2. The van der Waals surface area contributed by atoms with Crippen LogP contribution in [0.25, 0.3) is 21.9 Å². The molecule has 2 heterocycles. The molecule has 1 fully saturated rings. The third-order valence-electron chi connectivity index (χ3n) is 4.54. The van der Waals surface area contributed by atoms with E-state index in [0.29, 0.717) is 29.9 Å². The number of ether oxygens (including phenoxy) is 2. The topological polar surface area (TPSA) is 98.0 Å². The molecule has 7 heteroatoms. The largest absolute Gasteiger partial charge is 0.495 e. The van der Waals surface area contributed by atoms with Gasteiger partial charge in [0.15, 0.2) is 6.10 Å². The molecule has 0 aliphatic carbocycles. The molecule has 1 saturated heterocycles. The molecule has 1 aliphatic heterocycles. The minimum Gasteiger partial charge on any atom is -0.495 e. The minimum atomic E-state index is -1.05. The van der Waals surface area contributed by atoms with E-state index in [2.05, 4.69) is 5.32 Å². The van der Waals surface area contributed by atoms with Gasteiger partial charge in [-0.1, -0.05) is 18.2 Å². The third kappa shape index (κ3) is 2.76. The summed E-state index contributed by atoms with van der Waals surface area (Å²) < 4.78 is 16.5. The second kappa shape index (κ2) is 6.34. The molecule has 1 aromatic heterocycles. The molecule has 7 nitrogen and oxygen atoms in total. The van der Waals surface area contributed by atoms with Gasteiger partial charge in [-0.2, -0.15) is 0 Å². The number of carbonyl (C=O) groups is 2. The highest BCUT2D eigenvalue weighted by atomic mass is 16.5. The van der Waals surface area contributed by atoms with Crippen molar-refractivity contribution in [2.75, 3.05) is 12.4 Å². The lowest BCUT2D eigenvalue weighted by atomic mass is 10.1. The number of rotatable bonds is 4. The van der Waals surface area contributed by atoms with Crippen molar-refractivity contribution in [2.24, 2.45) is 0 Å². The Morgan fingerprint density at radius 1 is 1.12 bits per heavy atom. The molecule has 2 aromatic carbocycles. The summed E-state index contributed by atoms with van der Waals surface area (Å²) >= 11 is 0. The zero-order chi connectivity index (χ0) is 18.3. The lowest BCUT2D eigenvalue weighted by Gasteiger charge is -2.14. The average Bonchev–Trinajstić information content (AvgIpc) is 3.25. The number of fused-ring (bicyclic) bond motifs is 3. The van der Waals surface area contributed by atoms with Crippen LogP contribution in [0.4, 0.5) is 5.69 Å². The van der Waals surface area contributed by atoms with E-state index in [9.17, 15) is 9.59 Å². The van der Waals surface area contributed by atoms with Crippen molar-refractivity contribution in [1.29, 1.82) is 0 Å². The number of hydrogen-bond acceptors (Lipinski definition) is 5. The van der Waals surface area contributed by atoms with Crippen LogP contribution < -0.4 is 10.1 Å². The van der Waals surface area contributed by atoms with Crippen LogP contribution in [0.15, 0.2) is 40.8 Å². The Hall–Kier alpha value is -3.06. The first-order valence-electron chi connectivity index (χ1n) is 8.25. The number of carbonyl (C=O) groups excluding carboxylic acids is 1. The van der Waals surface area contributed by atoms with E-state index < -0.39 is 24.1 Å². The summed E-state index contributed by atoms with van der Waals surface area (Å²) in [4.78, 5) is 23.4. The number of furan rings is 1. The highest BCUT2D eigenvalue weighted by Crippen LogP contribution is 2.36. The number of anilines is 1. The van der Waals surface area contributed by atoms with Gasteiger partial charge < -0.3 is 24.3 Å². The summed E-state index contributed by atoms with van der Waals surface area (Å²) in [5.41, 5.74) is 1.82. The first-order valence-corrected chi connectivity index (χ1v) is 8.25. The molecule has 0 bridgehead atoms. The Morgan fingerprint density at radius 3 is 2.62 bits per heavy atom. The smallest absolute Gasteiger partial charge is 0.332 e. The highest BCUT2D eigenvalue weighted by molar-refractivity contribution is 6.08. The summed E-state index contributed by atoms with van der Waals surface area (Å²) in [7, 11) is 1.52. The quantitative estimate of drug-likeness (QED) is 0.746. The normalized spacial score (nSPS) is 19.7. The molecule has 2 N–H and O–H groups in total. The number of aliphatic carboxylic acids is 1. The second-order valence-corrected chi connectivity index (χ2v) is 6.17. The Labute approximate surface area is 148 Å². The number of amides is 1. The van der Waals surface area contributed by atoms with Gasteiger partial charge in [0.25, 0.3) is 5.91 Å². The Balaban J connectivity index is 1.64. The molecule has 0 unspecified atom stereocenters. The molecule has 1 amide bonds. The fourth-order valence-corrected chi connectivity index (χ4v) is 3.24. The number of carboxylic acids is 1. The van der Waals surface area contributed by atoms with Gasteiger partial charge in [0, 0.05) is 16.8 Å². The van der Waals surface area contributed by atoms with Crippen molar-refractivity contribution < 1.29 is 28.6 Å². The summed E-state index contributed by atoms with van der Waals surface area (Å²) in [5.74, 6) is -0.964. The van der Waals surface area contributed by atoms with Gasteiger partial charge in [-0.3, -0.25) is 4.79 Å². The molecule has 3 aromatic rings. The van der Waals surface area contributed by atoms with E-state index in [1.807, 2.05) is 30.3 Å². The predicted octanol–water partition coefficient (Wildman–Crippen LogP) is 3.17. The fraction of sp³-hybridized carbons (Fsp3) is 0.263. The second-order valence-electron chi connectivity index (χ2n) is 6.17. The SMILES string of the molecule is COc1cc2c(cc1NC(=O)[C@@H]1CC[C@H](C(=O)O)O1)oc1ccccc12. The zero-order valence-corrected chi connectivity index (χ0v) is 14.0. The average molecular weight is 355 g/mol. The van der Waals surface area contributed by atoms with Crippen LogP contribution in [0.3, 0.4) is 0 Å². The molecule has 0 saturated carbocycles. The van der Waals surface area contributed by atoms with Gasteiger partial charge in [0.1, 0.15) is 23.0 Å². The number of methoxy groups -OCH3 is 1. The molecule has 1 aliphatic rings. The molecule has 0 radical (unpaired) electrons. The molecule has 26 heavy (non-hydrogen) atoms. The van der Waals surface area contributed by atoms with Crippen LogP contribution in [-0.2, 0) is 14.3 Å². The van der Waals surface area contributed by atoms with Crippen LogP contribution in [0.1, 0.15) is 12.8 Å². The molecule has 134 valence electrons. The number of nitrogens with one attached hydrogen (secondary N) is 1. The van der Waals surface area contributed by atoms with Crippen LogP contribution in [0.2, 0.25) is 0 Å². The van der Waals surface area contributed by atoms with E-state index in [0.717, 1.165) is 16.4 Å². The number of carboxylic acid groups (broad SMARTS) is 1. The van der Waals surface area contributed by atoms with E-state index in [4.69, 9.17) is 19.0 Å². The lowest BCUT2D eigenvalue weighted by Crippen LogP contribution is -2.30. The van der Waals surface area contributed by atoms with Gasteiger partial charge in [0.05, 0.1) is 12.8 Å². The van der Waals surface area contributed by atoms with E-state index >= 15 is 0 Å². The van der Waals surface area contributed by atoms with Crippen molar-refractivity contribution in [3.05, 3.63) is 36.4 Å². The van der Waals surface area contributed by atoms with Gasteiger partial charge in [-0.05, 0) is 25.0 Å². The Bertz CT molecular complexity index is 1010. The zero-order valence-electron chi connectivity index (χ0n) is 14.0. The molecular weight excluding hydrogens is 338 g/mol. The minimum absolute atomic E-state index is 0.313. The first kappa shape index (κ1) is 16.4. The van der Waals surface area contributed by atoms with Gasteiger partial charge in [-0.25, -0.2) is 4.79 Å². The lowest BCUT2D eigenvalue weighted by molar-refractivity contribution is -0.150. The third-order valence-corrected chi connectivity index (χ3v) is 4.54. The van der Waals surface area contributed by atoms with Crippen molar-refractivity contribution in [2.45, 2.75) is 25.0 Å². The molecule has 0 spiro atoms. The molecule has 2 atom stereocenters. The number of hydrogen-bond donors (Lipinski definition) is 2. The monoisotopic (exact) mass is 355 g/mol. The maximum Gasteiger partial charge on any atom is 0.332 e. The molecule has 4 rings (SSSR count). The first-order chi connectivity index (χ1) is 12.6. The van der Waals surface area contributed by atoms with Gasteiger partial charge >= 0.3 is 5.97 Å². The standard InChI is InChI=1S/C19H17NO6/c1-24-17-8-11-10-4-2-3-5-13(10)25-16(11)9-12(17)20-18(21)14-6-7-15(26-14)19(22)23/h2-5,8-9,14-15H,6-7H2,1H3,(H,20,21)(H,22,23)/t14-,15+/m0/s1. The van der Waals surface area contributed by atoms with Crippen LogP contribution >= 0.6 is 0 Å². The van der Waals surface area contributed by atoms with E-state index in [-0.39, 0.29) is 0 Å². The van der Waals surface area contributed by atoms with Gasteiger partial charge in [0.2, 0.25) is 0 Å². The Morgan fingerprint density at radius 2 is 1.88 bits per heavy atom. The summed E-state index contributed by atoms with van der Waals surface area (Å²) in [6.07, 6.45) is -1.07. The van der Waals surface area contributed by atoms with Crippen molar-refractivity contribution in [1.82, 2.24) is 0 Å². The summed E-state index contributed by atoms with van der Waals surface area (Å²) in [5, 5.41) is 13.6. The van der Waals surface area contributed by atoms with E-state index in [1.54, 1.807) is 6.07 Å². The van der Waals surface area contributed by atoms with Crippen molar-refractivity contribution >= 4 is 39.5 Å². The van der Waals surface area contributed by atoms with Crippen molar-refractivity contribution in [3.63, 3.8) is 0 Å². The summed E-state index contributed by atoms with van der Waals surface area (Å²) in [6, 6.07) is 11.2. The number of para-hydroxylation sites is 1. The predicted molar refractivity (Wildman–Crippen MR) is 94.4 cm³/mol. The van der Waals surface area contributed by atoms with E-state index in [1.165, 1.54) is 7.11 Å². The van der Waals surface area contributed by atoms with Crippen molar-refractivity contribution in [3.8, 4) is 5.75 Å². The maximum absolute atomic E-state index is 12.4. The molecular formula is C19H17NO6. The van der Waals surface area contributed by atoms with Gasteiger partial charge in [-0.15, -0.1) is 0 Å². The fourth-order valence-electron chi connectivity index (χ4n) is 3.24. The Kier molecular flexibility index (Phi) is 4.00. The maximum atomic E-state index is 12.4. The highest BCUT2D eigenvalue weighted by Gasteiger charge is 2.35. The van der Waals surface area contributed by atoms with Crippen LogP contribution in [0.5, 0.6) is 5.75 Å². The van der Waals surface area contributed by atoms with Crippen LogP contribution in [0, 0.1) is 0 Å². The summed E-state index contributed by atoms with van der Waals surface area (Å²) in [6.45, 7) is 0.